The van der Waals surface area contributed by atoms with Crippen LogP contribution in [0.4, 0.5) is 0 Å². The third kappa shape index (κ3) is 5.23. The Morgan fingerprint density at radius 1 is 1.19 bits per heavy atom. The molecule has 3 rings (SSSR count). The SMILES string of the molecule is CN=C(NCc1ccc(C)s1)NCC(c1ccccc1OC)N1CCCC1. The first-order chi connectivity index (χ1) is 13.2. The van der Waals surface area contributed by atoms with Gasteiger partial charge in [-0.3, -0.25) is 9.89 Å². The fourth-order valence-electron chi connectivity index (χ4n) is 3.60. The molecule has 1 aromatic carbocycles. The second-order valence-electron chi connectivity index (χ2n) is 6.82. The number of rotatable bonds is 7. The summed E-state index contributed by atoms with van der Waals surface area (Å²) in [5.41, 5.74) is 1.23. The highest BCUT2D eigenvalue weighted by Gasteiger charge is 2.26. The van der Waals surface area contributed by atoms with E-state index in [1.54, 1.807) is 7.11 Å². The molecule has 2 aromatic rings. The van der Waals surface area contributed by atoms with Gasteiger partial charge in [0.25, 0.3) is 0 Å². The zero-order valence-corrected chi connectivity index (χ0v) is 17.3. The van der Waals surface area contributed by atoms with Crippen LogP contribution >= 0.6 is 11.3 Å². The van der Waals surface area contributed by atoms with E-state index in [2.05, 4.69) is 51.7 Å². The molecule has 0 spiro atoms. The molecule has 0 amide bonds. The van der Waals surface area contributed by atoms with E-state index in [1.165, 1.54) is 28.2 Å². The minimum absolute atomic E-state index is 0.270. The highest BCUT2D eigenvalue weighted by Crippen LogP contribution is 2.31. The third-order valence-electron chi connectivity index (χ3n) is 4.99. The Morgan fingerprint density at radius 3 is 2.63 bits per heavy atom. The monoisotopic (exact) mass is 386 g/mol. The van der Waals surface area contributed by atoms with Crippen LogP contribution in [-0.2, 0) is 6.54 Å². The number of methoxy groups -OCH3 is 1. The van der Waals surface area contributed by atoms with Crippen molar-refractivity contribution in [1.29, 1.82) is 0 Å². The standard InChI is InChI=1S/C21H30N4OS/c1-16-10-11-17(27-16)14-23-21(22-2)24-15-19(25-12-6-7-13-25)18-8-4-5-9-20(18)26-3/h4-5,8-11,19H,6-7,12-15H2,1-3H3,(H2,22,23,24). The predicted molar refractivity (Wildman–Crippen MR) is 114 cm³/mol. The van der Waals surface area contributed by atoms with E-state index in [1.807, 2.05) is 30.5 Å². The Bertz CT molecular complexity index is 752. The molecule has 2 heterocycles. The molecule has 0 aliphatic carbocycles. The van der Waals surface area contributed by atoms with Gasteiger partial charge < -0.3 is 15.4 Å². The Hall–Kier alpha value is -2.05. The maximum atomic E-state index is 5.63. The van der Waals surface area contributed by atoms with Crippen LogP contribution in [0.15, 0.2) is 41.4 Å². The van der Waals surface area contributed by atoms with Crippen LogP contribution < -0.4 is 15.4 Å². The van der Waals surface area contributed by atoms with Gasteiger partial charge in [0.1, 0.15) is 5.75 Å². The summed E-state index contributed by atoms with van der Waals surface area (Å²) in [5.74, 6) is 1.79. The number of ether oxygens (including phenoxy) is 1. The molecule has 1 unspecified atom stereocenters. The lowest BCUT2D eigenvalue weighted by Gasteiger charge is -2.30. The van der Waals surface area contributed by atoms with E-state index in [0.717, 1.165) is 37.9 Å². The molecule has 1 fully saturated rings. The van der Waals surface area contributed by atoms with Crippen molar-refractivity contribution < 1.29 is 4.74 Å². The first kappa shape index (κ1) is 19.7. The molecule has 1 aromatic heterocycles. The van der Waals surface area contributed by atoms with Crippen molar-refractivity contribution in [3.63, 3.8) is 0 Å². The van der Waals surface area contributed by atoms with Gasteiger partial charge in [-0.1, -0.05) is 18.2 Å². The summed E-state index contributed by atoms with van der Waals surface area (Å²) >= 11 is 1.82. The van der Waals surface area contributed by atoms with Crippen molar-refractivity contribution in [2.75, 3.05) is 33.8 Å². The summed E-state index contributed by atoms with van der Waals surface area (Å²) in [6.07, 6.45) is 2.52. The number of nitrogens with one attached hydrogen (secondary N) is 2. The number of thiophene rings is 1. The van der Waals surface area contributed by atoms with E-state index < -0.39 is 0 Å². The average molecular weight is 387 g/mol. The molecule has 0 saturated carbocycles. The summed E-state index contributed by atoms with van der Waals surface area (Å²) < 4.78 is 5.63. The summed E-state index contributed by atoms with van der Waals surface area (Å²) in [4.78, 5) is 9.59. The topological polar surface area (TPSA) is 48.9 Å². The molecule has 27 heavy (non-hydrogen) atoms. The Labute approximate surface area is 166 Å². The molecular formula is C21H30N4OS. The van der Waals surface area contributed by atoms with Gasteiger partial charge in [-0.05, 0) is 51.1 Å². The number of benzene rings is 1. The van der Waals surface area contributed by atoms with Gasteiger partial charge in [0.2, 0.25) is 0 Å². The van der Waals surface area contributed by atoms with Crippen LogP contribution in [0.1, 0.15) is 34.2 Å². The molecular weight excluding hydrogens is 356 g/mol. The second-order valence-corrected chi connectivity index (χ2v) is 8.19. The zero-order chi connectivity index (χ0) is 19.1. The van der Waals surface area contributed by atoms with Gasteiger partial charge in [0.05, 0.1) is 19.7 Å². The predicted octanol–water partition coefficient (Wildman–Crippen LogP) is 3.57. The minimum Gasteiger partial charge on any atom is -0.496 e. The van der Waals surface area contributed by atoms with Crippen LogP contribution in [0.2, 0.25) is 0 Å². The molecule has 0 bridgehead atoms. The Balaban J connectivity index is 1.66. The number of likely N-dealkylation sites (tertiary alicyclic amines) is 1. The average Bonchev–Trinajstić information content (AvgIpc) is 3.36. The van der Waals surface area contributed by atoms with Crippen LogP contribution in [0.5, 0.6) is 5.75 Å². The summed E-state index contributed by atoms with van der Waals surface area (Å²) in [6, 6.07) is 12.9. The van der Waals surface area contributed by atoms with Gasteiger partial charge >= 0.3 is 0 Å². The number of hydrogen-bond acceptors (Lipinski definition) is 4. The van der Waals surface area contributed by atoms with Gasteiger partial charge in [-0.25, -0.2) is 0 Å². The lowest BCUT2D eigenvalue weighted by Crippen LogP contribution is -2.42. The second kappa shape index (κ2) is 9.76. The number of aliphatic imine (C=N–C) groups is 1. The van der Waals surface area contributed by atoms with Crippen molar-refractivity contribution in [2.45, 2.75) is 32.4 Å². The highest BCUT2D eigenvalue weighted by molar-refractivity contribution is 7.11. The molecule has 1 saturated heterocycles. The van der Waals surface area contributed by atoms with E-state index in [0.29, 0.717) is 0 Å². The maximum Gasteiger partial charge on any atom is 0.191 e. The highest BCUT2D eigenvalue weighted by atomic mass is 32.1. The van der Waals surface area contributed by atoms with E-state index in [4.69, 9.17) is 4.74 Å². The van der Waals surface area contributed by atoms with E-state index in [-0.39, 0.29) is 6.04 Å². The quantitative estimate of drug-likeness (QED) is 0.564. The summed E-state index contributed by atoms with van der Waals surface area (Å²) in [5, 5.41) is 6.94. The van der Waals surface area contributed by atoms with Crippen LogP contribution in [0.25, 0.3) is 0 Å². The lowest BCUT2D eigenvalue weighted by atomic mass is 10.0. The van der Waals surface area contributed by atoms with Gasteiger partial charge in [0.15, 0.2) is 5.96 Å². The van der Waals surface area contributed by atoms with Gasteiger partial charge in [-0.2, -0.15) is 0 Å². The molecule has 146 valence electrons. The summed E-state index contributed by atoms with van der Waals surface area (Å²) in [7, 11) is 3.57. The largest absolute Gasteiger partial charge is 0.496 e. The van der Waals surface area contributed by atoms with Crippen LogP contribution in [0, 0.1) is 6.92 Å². The van der Waals surface area contributed by atoms with Crippen molar-refractivity contribution in [1.82, 2.24) is 15.5 Å². The molecule has 5 nitrogen and oxygen atoms in total. The van der Waals surface area contributed by atoms with E-state index >= 15 is 0 Å². The van der Waals surface area contributed by atoms with Crippen molar-refractivity contribution in [3.8, 4) is 5.75 Å². The van der Waals surface area contributed by atoms with Crippen molar-refractivity contribution >= 4 is 17.3 Å². The maximum absolute atomic E-state index is 5.63. The number of guanidine groups is 1. The number of hydrogen-bond donors (Lipinski definition) is 2. The molecule has 6 heteroatoms. The Kier molecular flexibility index (Phi) is 7.12. The normalized spacial score (nSPS) is 16.3. The molecule has 2 N–H and O–H groups in total. The number of nitrogens with zero attached hydrogens (tertiary/aromatic N) is 2. The number of aryl methyl sites for hydroxylation is 1. The lowest BCUT2D eigenvalue weighted by molar-refractivity contribution is 0.239. The van der Waals surface area contributed by atoms with Gasteiger partial charge in [0, 0.05) is 28.9 Å². The van der Waals surface area contributed by atoms with Crippen molar-refractivity contribution in [3.05, 3.63) is 51.7 Å². The van der Waals surface area contributed by atoms with Crippen LogP contribution in [0.3, 0.4) is 0 Å². The first-order valence-corrected chi connectivity index (χ1v) is 10.4. The van der Waals surface area contributed by atoms with Crippen LogP contribution in [-0.4, -0.2) is 44.7 Å². The minimum atomic E-state index is 0.270. The molecule has 1 aliphatic heterocycles. The third-order valence-corrected chi connectivity index (χ3v) is 5.99. The number of para-hydroxylation sites is 1. The summed E-state index contributed by atoms with van der Waals surface area (Å²) in [6.45, 7) is 5.98. The fourth-order valence-corrected chi connectivity index (χ4v) is 4.43. The molecule has 0 radical (unpaired) electrons. The van der Waals surface area contributed by atoms with Crippen molar-refractivity contribution in [2.24, 2.45) is 4.99 Å². The van der Waals surface area contributed by atoms with Gasteiger partial charge in [-0.15, -0.1) is 11.3 Å². The Morgan fingerprint density at radius 2 is 1.96 bits per heavy atom. The zero-order valence-electron chi connectivity index (χ0n) is 16.5. The smallest absolute Gasteiger partial charge is 0.191 e. The fraction of sp³-hybridized carbons (Fsp3) is 0.476. The first-order valence-electron chi connectivity index (χ1n) is 9.58. The molecule has 1 atom stereocenters. The van der Waals surface area contributed by atoms with E-state index in [9.17, 15) is 0 Å². The molecule has 1 aliphatic rings.